The molecule has 0 aliphatic heterocycles. The largest absolute Gasteiger partial charge is 0.445 e. The number of nitrogens with one attached hydrogen (secondary N) is 1. The van der Waals surface area contributed by atoms with Crippen LogP contribution in [0.25, 0.3) is 6.08 Å². The van der Waals surface area contributed by atoms with Crippen LogP contribution < -0.4 is 5.32 Å². The SMILES string of the molecule is CC(C)(C)OC(=O)NCC=Cc1ccc(Cl)o1. The highest BCUT2D eigenvalue weighted by atomic mass is 35.5. The standard InChI is InChI=1S/C12H16ClNO3/c1-12(2,3)17-11(15)14-8-4-5-9-6-7-10(13)16-9/h4-7H,8H2,1-3H3,(H,14,15). The monoisotopic (exact) mass is 257 g/mol. The Hall–Kier alpha value is -1.42. The van der Waals surface area contributed by atoms with Gasteiger partial charge in [0.1, 0.15) is 11.4 Å². The molecule has 0 radical (unpaired) electrons. The Morgan fingerprint density at radius 3 is 2.76 bits per heavy atom. The van der Waals surface area contributed by atoms with Crippen molar-refractivity contribution < 1.29 is 13.9 Å². The van der Waals surface area contributed by atoms with Crippen LogP contribution in [0.4, 0.5) is 4.79 Å². The predicted molar refractivity (Wildman–Crippen MR) is 67.0 cm³/mol. The molecule has 0 aromatic carbocycles. The van der Waals surface area contributed by atoms with Crippen LogP contribution in [0.1, 0.15) is 26.5 Å². The molecule has 1 rings (SSSR count). The van der Waals surface area contributed by atoms with E-state index in [0.29, 0.717) is 17.5 Å². The van der Waals surface area contributed by atoms with Gasteiger partial charge in [0.25, 0.3) is 0 Å². The number of furan rings is 1. The number of hydrogen-bond acceptors (Lipinski definition) is 3. The molecule has 0 bridgehead atoms. The van der Waals surface area contributed by atoms with E-state index in [4.69, 9.17) is 20.8 Å². The predicted octanol–water partition coefficient (Wildman–Crippen LogP) is 3.47. The van der Waals surface area contributed by atoms with Gasteiger partial charge in [-0.1, -0.05) is 6.08 Å². The quantitative estimate of drug-likeness (QED) is 0.902. The zero-order valence-electron chi connectivity index (χ0n) is 10.1. The highest BCUT2D eigenvalue weighted by molar-refractivity contribution is 6.28. The van der Waals surface area contributed by atoms with E-state index in [1.165, 1.54) is 0 Å². The molecule has 1 aromatic heterocycles. The Kier molecular flexibility index (Phi) is 4.63. The van der Waals surface area contributed by atoms with E-state index in [2.05, 4.69) is 5.32 Å². The maximum absolute atomic E-state index is 11.3. The number of carbonyl (C=O) groups is 1. The minimum absolute atomic E-state index is 0.338. The van der Waals surface area contributed by atoms with Gasteiger partial charge in [0, 0.05) is 6.54 Å². The van der Waals surface area contributed by atoms with Gasteiger partial charge in [0.2, 0.25) is 0 Å². The lowest BCUT2D eigenvalue weighted by Gasteiger charge is -2.19. The van der Waals surface area contributed by atoms with E-state index in [9.17, 15) is 4.79 Å². The van der Waals surface area contributed by atoms with Crippen LogP contribution in [0, 0.1) is 0 Å². The summed E-state index contributed by atoms with van der Waals surface area (Å²) in [4.78, 5) is 11.3. The lowest BCUT2D eigenvalue weighted by molar-refractivity contribution is 0.0534. The average Bonchev–Trinajstić information content (AvgIpc) is 2.56. The molecule has 0 unspecified atom stereocenters. The third kappa shape index (κ3) is 6.02. The summed E-state index contributed by atoms with van der Waals surface area (Å²) in [5, 5.41) is 2.93. The molecule has 1 amide bonds. The Balaban J connectivity index is 2.28. The molecule has 1 aromatic rings. The molecule has 94 valence electrons. The molecule has 1 N–H and O–H groups in total. The summed E-state index contributed by atoms with van der Waals surface area (Å²) in [7, 11) is 0. The van der Waals surface area contributed by atoms with Crippen molar-refractivity contribution in [2.24, 2.45) is 0 Å². The van der Waals surface area contributed by atoms with Gasteiger partial charge in [-0.25, -0.2) is 4.79 Å². The van der Waals surface area contributed by atoms with Gasteiger partial charge in [0.15, 0.2) is 5.22 Å². The Morgan fingerprint density at radius 2 is 2.24 bits per heavy atom. The van der Waals surface area contributed by atoms with E-state index in [-0.39, 0.29) is 0 Å². The van der Waals surface area contributed by atoms with Gasteiger partial charge in [-0.05, 0) is 50.6 Å². The molecule has 0 spiro atoms. The second-order valence-electron chi connectivity index (χ2n) is 4.43. The summed E-state index contributed by atoms with van der Waals surface area (Å²) in [6.45, 7) is 5.81. The van der Waals surface area contributed by atoms with Crippen molar-refractivity contribution in [1.29, 1.82) is 0 Å². The molecule has 0 fully saturated rings. The highest BCUT2D eigenvalue weighted by Gasteiger charge is 2.14. The van der Waals surface area contributed by atoms with Crippen LogP contribution in [0.3, 0.4) is 0 Å². The molecule has 0 aliphatic carbocycles. The van der Waals surface area contributed by atoms with Crippen molar-refractivity contribution in [3.8, 4) is 0 Å². The normalized spacial score (nSPS) is 11.8. The lowest BCUT2D eigenvalue weighted by Crippen LogP contribution is -2.32. The summed E-state index contributed by atoms with van der Waals surface area (Å²) in [6, 6.07) is 3.40. The molecule has 0 atom stereocenters. The van der Waals surface area contributed by atoms with Crippen molar-refractivity contribution in [2.75, 3.05) is 6.54 Å². The zero-order valence-corrected chi connectivity index (χ0v) is 10.9. The van der Waals surface area contributed by atoms with Gasteiger partial charge in [0.05, 0.1) is 0 Å². The topological polar surface area (TPSA) is 51.5 Å². The Morgan fingerprint density at radius 1 is 1.53 bits per heavy atom. The molecule has 0 saturated carbocycles. The minimum atomic E-state index is -0.484. The van der Waals surface area contributed by atoms with Crippen LogP contribution in [-0.4, -0.2) is 18.2 Å². The first kappa shape index (κ1) is 13.6. The first-order chi connectivity index (χ1) is 7.87. The Bertz CT molecular complexity index is 404. The summed E-state index contributed by atoms with van der Waals surface area (Å²) < 4.78 is 10.2. The molecule has 1 heterocycles. The number of alkyl carbamates (subject to hydrolysis) is 1. The second kappa shape index (κ2) is 5.77. The first-order valence-electron chi connectivity index (χ1n) is 5.25. The number of hydrogen-bond donors (Lipinski definition) is 1. The van der Waals surface area contributed by atoms with Crippen LogP contribution >= 0.6 is 11.6 Å². The molecule has 0 saturated heterocycles. The van der Waals surface area contributed by atoms with E-state index in [0.717, 1.165) is 0 Å². The smallest absolute Gasteiger partial charge is 0.407 e. The number of ether oxygens (including phenoxy) is 1. The van der Waals surface area contributed by atoms with Crippen molar-refractivity contribution >= 4 is 23.8 Å². The van der Waals surface area contributed by atoms with Gasteiger partial charge in [-0.3, -0.25) is 0 Å². The summed E-state index contributed by atoms with van der Waals surface area (Å²) in [6.07, 6.45) is 3.03. The molecular formula is C12H16ClNO3. The van der Waals surface area contributed by atoms with E-state index < -0.39 is 11.7 Å². The van der Waals surface area contributed by atoms with E-state index >= 15 is 0 Å². The number of amides is 1. The molecule has 4 nitrogen and oxygen atoms in total. The van der Waals surface area contributed by atoms with Crippen LogP contribution in [0.2, 0.25) is 5.22 Å². The first-order valence-corrected chi connectivity index (χ1v) is 5.63. The number of rotatable bonds is 3. The van der Waals surface area contributed by atoms with E-state index in [1.807, 2.05) is 20.8 Å². The molecule has 5 heteroatoms. The zero-order chi connectivity index (χ0) is 12.9. The average molecular weight is 258 g/mol. The van der Waals surface area contributed by atoms with Gasteiger partial charge >= 0.3 is 6.09 Å². The number of carbonyl (C=O) groups excluding carboxylic acids is 1. The van der Waals surface area contributed by atoms with Crippen molar-refractivity contribution in [2.45, 2.75) is 26.4 Å². The third-order valence-electron chi connectivity index (χ3n) is 1.64. The van der Waals surface area contributed by atoms with Crippen molar-refractivity contribution in [3.05, 3.63) is 29.2 Å². The van der Waals surface area contributed by atoms with Gasteiger partial charge in [-0.2, -0.15) is 0 Å². The fourth-order valence-corrected chi connectivity index (χ4v) is 1.20. The summed E-state index contributed by atoms with van der Waals surface area (Å²) in [5.41, 5.74) is -0.484. The lowest BCUT2D eigenvalue weighted by atomic mass is 10.2. The van der Waals surface area contributed by atoms with Crippen molar-refractivity contribution in [1.82, 2.24) is 5.32 Å². The third-order valence-corrected chi connectivity index (χ3v) is 1.84. The van der Waals surface area contributed by atoms with E-state index in [1.54, 1.807) is 24.3 Å². The van der Waals surface area contributed by atoms with Crippen LogP contribution in [-0.2, 0) is 4.74 Å². The maximum atomic E-state index is 11.3. The molecule has 17 heavy (non-hydrogen) atoms. The second-order valence-corrected chi connectivity index (χ2v) is 4.80. The minimum Gasteiger partial charge on any atom is -0.445 e. The maximum Gasteiger partial charge on any atom is 0.407 e. The van der Waals surface area contributed by atoms with Gasteiger partial charge < -0.3 is 14.5 Å². The van der Waals surface area contributed by atoms with Gasteiger partial charge in [-0.15, -0.1) is 0 Å². The van der Waals surface area contributed by atoms with Crippen molar-refractivity contribution in [3.63, 3.8) is 0 Å². The summed E-state index contributed by atoms with van der Waals surface area (Å²) in [5.74, 6) is 0.640. The fourth-order valence-electron chi connectivity index (χ4n) is 1.05. The fraction of sp³-hybridized carbons (Fsp3) is 0.417. The summed E-state index contributed by atoms with van der Waals surface area (Å²) >= 11 is 5.61. The van der Waals surface area contributed by atoms with Crippen LogP contribution in [0.5, 0.6) is 0 Å². The highest BCUT2D eigenvalue weighted by Crippen LogP contribution is 2.13. The molecular weight excluding hydrogens is 242 g/mol. The molecule has 0 aliphatic rings. The Labute approximate surface area is 106 Å². The number of halogens is 1. The van der Waals surface area contributed by atoms with Crippen LogP contribution in [0.15, 0.2) is 22.6 Å².